The number of rotatable bonds is 7. The van der Waals surface area contributed by atoms with E-state index in [0.29, 0.717) is 6.54 Å². The van der Waals surface area contributed by atoms with Crippen LogP contribution in [0.3, 0.4) is 0 Å². The van der Waals surface area contributed by atoms with Crippen LogP contribution >= 0.6 is 0 Å². The van der Waals surface area contributed by atoms with Crippen LogP contribution in [0.25, 0.3) is 0 Å². The fourth-order valence-electron chi connectivity index (χ4n) is 2.66. The van der Waals surface area contributed by atoms with E-state index in [1.807, 2.05) is 0 Å². The van der Waals surface area contributed by atoms with Gasteiger partial charge < -0.3 is 14.7 Å². The molecule has 1 fully saturated rings. The minimum Gasteiger partial charge on any atom is -0.394 e. The van der Waals surface area contributed by atoms with Gasteiger partial charge >= 0.3 is 0 Å². The molecule has 0 bridgehead atoms. The van der Waals surface area contributed by atoms with Gasteiger partial charge in [-0.25, -0.2) is 0 Å². The lowest BCUT2D eigenvalue weighted by atomic mass is 10.0. The molecule has 1 rings (SSSR count). The minimum absolute atomic E-state index is 0.0102. The number of aliphatic hydroxyl groups is 1. The first-order chi connectivity index (χ1) is 9.15. The quantitative estimate of drug-likeness (QED) is 0.720. The third-order valence-electron chi connectivity index (χ3n) is 3.67. The van der Waals surface area contributed by atoms with Crippen LogP contribution in [0.4, 0.5) is 0 Å². The molecule has 4 heteroatoms. The van der Waals surface area contributed by atoms with E-state index in [4.69, 9.17) is 4.74 Å². The fourth-order valence-corrected chi connectivity index (χ4v) is 2.66. The van der Waals surface area contributed by atoms with Crippen molar-refractivity contribution in [3.05, 3.63) is 11.6 Å². The van der Waals surface area contributed by atoms with Crippen LogP contribution in [0.2, 0.25) is 0 Å². The number of aliphatic hydroxyl groups excluding tert-OH is 1. The van der Waals surface area contributed by atoms with Crippen LogP contribution in [-0.2, 0) is 9.53 Å². The van der Waals surface area contributed by atoms with Crippen LogP contribution < -0.4 is 0 Å². The highest BCUT2D eigenvalue weighted by Gasteiger charge is 2.34. The molecule has 1 N–H and O–H groups in total. The largest absolute Gasteiger partial charge is 0.394 e. The van der Waals surface area contributed by atoms with Gasteiger partial charge in [-0.3, -0.25) is 4.79 Å². The van der Waals surface area contributed by atoms with Crippen LogP contribution in [-0.4, -0.2) is 48.3 Å². The molecule has 1 saturated heterocycles. The summed E-state index contributed by atoms with van der Waals surface area (Å²) in [5.41, 5.74) is 1.22. The van der Waals surface area contributed by atoms with Gasteiger partial charge in [0, 0.05) is 19.7 Å². The summed E-state index contributed by atoms with van der Waals surface area (Å²) in [4.78, 5) is 14.1. The maximum Gasteiger partial charge on any atom is 0.246 e. The number of nitrogens with zero attached hydrogens (tertiary/aromatic N) is 1. The van der Waals surface area contributed by atoms with Gasteiger partial charge in [-0.2, -0.15) is 0 Å². The summed E-state index contributed by atoms with van der Waals surface area (Å²) in [5, 5.41) is 9.37. The van der Waals surface area contributed by atoms with Gasteiger partial charge in [-0.15, -0.1) is 0 Å². The Morgan fingerprint density at radius 3 is 2.47 bits per heavy atom. The van der Waals surface area contributed by atoms with E-state index in [9.17, 15) is 9.90 Å². The van der Waals surface area contributed by atoms with Crippen molar-refractivity contribution in [2.24, 2.45) is 0 Å². The highest BCUT2D eigenvalue weighted by atomic mass is 16.5. The van der Waals surface area contributed by atoms with Crippen molar-refractivity contribution in [1.82, 2.24) is 4.90 Å². The van der Waals surface area contributed by atoms with Gasteiger partial charge in [0.15, 0.2) is 0 Å². The summed E-state index contributed by atoms with van der Waals surface area (Å²) in [7, 11) is 1.66. The molecule has 4 nitrogen and oxygen atoms in total. The third kappa shape index (κ3) is 4.62. The normalized spacial score (nSPS) is 22.6. The lowest BCUT2D eigenvalue weighted by Crippen LogP contribution is -2.37. The summed E-state index contributed by atoms with van der Waals surface area (Å²) >= 11 is 0. The van der Waals surface area contributed by atoms with Crippen molar-refractivity contribution in [2.45, 2.75) is 58.1 Å². The number of likely N-dealkylation sites (tertiary alicyclic amines) is 1. The SMILES string of the molecule is CCCC(=CC(=O)N1C[C@H](OC)C[C@H]1CO)CCC. The van der Waals surface area contributed by atoms with Crippen molar-refractivity contribution in [3.63, 3.8) is 0 Å². The molecular weight excluding hydrogens is 242 g/mol. The Kier molecular flexibility index (Phi) is 7.10. The van der Waals surface area contributed by atoms with Gasteiger partial charge in [-0.05, 0) is 19.3 Å². The van der Waals surface area contributed by atoms with E-state index in [0.717, 1.165) is 32.1 Å². The predicted octanol–water partition coefficient (Wildman–Crippen LogP) is 2.12. The van der Waals surface area contributed by atoms with E-state index in [-0.39, 0.29) is 24.7 Å². The molecule has 0 unspecified atom stereocenters. The fraction of sp³-hybridized carbons (Fsp3) is 0.800. The van der Waals surface area contributed by atoms with E-state index in [1.165, 1.54) is 5.57 Å². The minimum atomic E-state index is -0.0989. The maximum absolute atomic E-state index is 12.3. The summed E-state index contributed by atoms with van der Waals surface area (Å²) in [5.74, 6) is 0.0236. The molecule has 1 amide bonds. The Bertz CT molecular complexity index is 307. The highest BCUT2D eigenvalue weighted by molar-refractivity contribution is 5.88. The summed E-state index contributed by atoms with van der Waals surface area (Å²) in [6.45, 7) is 4.85. The number of methoxy groups -OCH3 is 1. The first kappa shape index (κ1) is 16.2. The topological polar surface area (TPSA) is 49.8 Å². The zero-order valence-corrected chi connectivity index (χ0v) is 12.4. The second-order valence-electron chi connectivity index (χ2n) is 5.22. The number of hydrogen-bond donors (Lipinski definition) is 1. The first-order valence-electron chi connectivity index (χ1n) is 7.29. The van der Waals surface area contributed by atoms with E-state index in [2.05, 4.69) is 13.8 Å². The molecule has 0 saturated carbocycles. The molecule has 0 spiro atoms. The maximum atomic E-state index is 12.3. The van der Waals surface area contributed by atoms with E-state index >= 15 is 0 Å². The zero-order chi connectivity index (χ0) is 14.3. The van der Waals surface area contributed by atoms with Crippen molar-refractivity contribution in [3.8, 4) is 0 Å². The molecule has 2 atom stereocenters. The molecule has 0 aromatic rings. The van der Waals surface area contributed by atoms with Crippen molar-refractivity contribution in [2.75, 3.05) is 20.3 Å². The molecule has 1 aliphatic heterocycles. The molecule has 1 aliphatic rings. The second kappa shape index (κ2) is 8.33. The van der Waals surface area contributed by atoms with Crippen LogP contribution in [0.5, 0.6) is 0 Å². The molecule has 0 aliphatic carbocycles. The van der Waals surface area contributed by atoms with Crippen molar-refractivity contribution < 1.29 is 14.6 Å². The molecule has 19 heavy (non-hydrogen) atoms. The Balaban J connectivity index is 2.71. The Morgan fingerprint density at radius 2 is 2.00 bits per heavy atom. The lowest BCUT2D eigenvalue weighted by Gasteiger charge is -2.21. The third-order valence-corrected chi connectivity index (χ3v) is 3.67. The van der Waals surface area contributed by atoms with Gasteiger partial charge in [0.25, 0.3) is 0 Å². The Hall–Kier alpha value is -0.870. The molecule has 0 radical (unpaired) electrons. The first-order valence-corrected chi connectivity index (χ1v) is 7.29. The number of carbonyl (C=O) groups excluding carboxylic acids is 1. The average molecular weight is 269 g/mol. The standard InChI is InChI=1S/C15H27NO3/c1-4-6-12(7-5-2)8-15(18)16-10-14(19-3)9-13(16)11-17/h8,13-14,17H,4-7,9-11H2,1-3H3/t13-,14+/m0/s1. The summed E-state index contributed by atoms with van der Waals surface area (Å²) in [6, 6.07) is -0.0989. The molecule has 1 heterocycles. The number of ether oxygens (including phenoxy) is 1. The number of allylic oxidation sites excluding steroid dienone is 1. The Morgan fingerprint density at radius 1 is 1.37 bits per heavy atom. The number of carbonyl (C=O) groups is 1. The van der Waals surface area contributed by atoms with Crippen LogP contribution in [0, 0.1) is 0 Å². The second-order valence-corrected chi connectivity index (χ2v) is 5.22. The average Bonchev–Trinajstić information content (AvgIpc) is 2.82. The smallest absolute Gasteiger partial charge is 0.246 e. The summed E-state index contributed by atoms with van der Waals surface area (Å²) < 4.78 is 5.30. The molecule has 110 valence electrons. The van der Waals surface area contributed by atoms with Crippen LogP contribution in [0.15, 0.2) is 11.6 Å². The zero-order valence-electron chi connectivity index (χ0n) is 12.4. The Labute approximate surface area is 116 Å². The van der Waals surface area contributed by atoms with Crippen molar-refractivity contribution >= 4 is 5.91 Å². The van der Waals surface area contributed by atoms with Gasteiger partial charge in [0.2, 0.25) is 5.91 Å². The molecular formula is C15H27NO3. The van der Waals surface area contributed by atoms with Gasteiger partial charge in [0.05, 0.1) is 18.8 Å². The van der Waals surface area contributed by atoms with E-state index < -0.39 is 0 Å². The van der Waals surface area contributed by atoms with Crippen molar-refractivity contribution in [1.29, 1.82) is 0 Å². The highest BCUT2D eigenvalue weighted by Crippen LogP contribution is 2.21. The predicted molar refractivity (Wildman–Crippen MR) is 75.9 cm³/mol. The molecule has 0 aromatic heterocycles. The lowest BCUT2D eigenvalue weighted by molar-refractivity contribution is -0.127. The number of amides is 1. The van der Waals surface area contributed by atoms with Gasteiger partial charge in [0.1, 0.15) is 0 Å². The van der Waals surface area contributed by atoms with E-state index in [1.54, 1.807) is 18.1 Å². The van der Waals surface area contributed by atoms with Gasteiger partial charge in [-0.1, -0.05) is 32.3 Å². The summed E-state index contributed by atoms with van der Waals surface area (Å²) in [6.07, 6.45) is 6.62. The molecule has 0 aromatic carbocycles. The number of hydrogen-bond acceptors (Lipinski definition) is 3. The van der Waals surface area contributed by atoms with Crippen LogP contribution in [0.1, 0.15) is 46.0 Å². The monoisotopic (exact) mass is 269 g/mol.